The molecule has 1 aromatic rings. The van der Waals surface area contributed by atoms with Crippen LogP contribution >= 0.6 is 0 Å². The van der Waals surface area contributed by atoms with E-state index in [9.17, 15) is 17.8 Å². The van der Waals surface area contributed by atoms with Crippen LogP contribution in [0.15, 0.2) is 18.7 Å². The molecule has 0 saturated heterocycles. The molecule has 7 heteroatoms. The largest absolute Gasteiger partial charge is 0.742 e. The number of aromatic nitrogens is 2. The summed E-state index contributed by atoms with van der Waals surface area (Å²) < 4.78 is 32.6. The van der Waals surface area contributed by atoms with Crippen molar-refractivity contribution in [3.8, 4) is 0 Å². The van der Waals surface area contributed by atoms with Crippen LogP contribution in [-0.4, -0.2) is 22.7 Å². The number of hydrogen-bond donors (Lipinski definition) is 0. The zero-order valence-corrected chi connectivity index (χ0v) is 11.1. The van der Waals surface area contributed by atoms with E-state index in [0.29, 0.717) is 6.92 Å². The van der Waals surface area contributed by atoms with E-state index in [0.717, 1.165) is 6.54 Å². The summed E-state index contributed by atoms with van der Waals surface area (Å²) in [5.41, 5.74) is 0. The minimum Gasteiger partial charge on any atom is -0.742 e. The molecule has 0 amide bonds. The van der Waals surface area contributed by atoms with Crippen LogP contribution in [0.3, 0.4) is 0 Å². The van der Waals surface area contributed by atoms with Crippen molar-refractivity contribution in [2.75, 3.05) is 0 Å². The Balaban J connectivity index is 0.000000325. The average molecular weight is 262 g/mol. The van der Waals surface area contributed by atoms with E-state index in [2.05, 4.69) is 34.8 Å². The zero-order chi connectivity index (χ0) is 13.5. The quantitative estimate of drug-likeness (QED) is 0.575. The highest BCUT2D eigenvalue weighted by Gasteiger charge is 1.98. The molecule has 0 saturated carbocycles. The van der Waals surface area contributed by atoms with Crippen molar-refractivity contribution in [1.82, 2.24) is 4.57 Å². The highest BCUT2D eigenvalue weighted by molar-refractivity contribution is 8.01. The predicted octanol–water partition coefficient (Wildman–Crippen LogP) is 0.191. The number of hydrogen-bond acceptors (Lipinski definition) is 4. The Bertz CT molecular complexity index is 451. The summed E-state index contributed by atoms with van der Waals surface area (Å²) in [6.45, 7) is 4.07. The van der Waals surface area contributed by atoms with Gasteiger partial charge in [0.05, 0.1) is 13.6 Å². The van der Waals surface area contributed by atoms with Gasteiger partial charge in [-0.2, -0.15) is 0 Å². The average Bonchev–Trinajstić information content (AvgIpc) is 2.60. The van der Waals surface area contributed by atoms with Crippen molar-refractivity contribution >= 4 is 15.2 Å². The molecule has 0 bridgehead atoms. The number of nitrogens with zero attached hydrogens (tertiary/aromatic N) is 2. The molecule has 98 valence electrons. The maximum atomic E-state index is 9.56. The van der Waals surface area contributed by atoms with Crippen LogP contribution in [0.5, 0.6) is 0 Å². The van der Waals surface area contributed by atoms with E-state index in [1.807, 2.05) is 7.05 Å². The first-order chi connectivity index (χ1) is 7.77. The number of rotatable bonds is 3. The standard InChI is InChI=1S/C8H15N2.C2H4O4S/c1-3-4-5-10-7-6-9(2)8-10;1-2(3)7(4,5)6/h6-8H,3-5H2,1-2H3;1H3,(H,4,5,6)/q+1;/p-1. The van der Waals surface area contributed by atoms with E-state index < -0.39 is 15.2 Å². The molecule has 1 aromatic heterocycles. The lowest BCUT2D eigenvalue weighted by Gasteiger charge is -1.96. The van der Waals surface area contributed by atoms with E-state index in [4.69, 9.17) is 0 Å². The van der Waals surface area contributed by atoms with Gasteiger partial charge < -0.3 is 4.55 Å². The molecule has 0 spiro atoms. The molecular weight excluding hydrogens is 244 g/mol. The van der Waals surface area contributed by atoms with E-state index in [1.165, 1.54) is 12.8 Å². The number of unbranched alkanes of at least 4 members (excludes halogenated alkanes) is 1. The van der Waals surface area contributed by atoms with Gasteiger partial charge in [0.1, 0.15) is 12.4 Å². The summed E-state index contributed by atoms with van der Waals surface area (Å²) >= 11 is 0. The molecule has 0 radical (unpaired) electrons. The lowest BCUT2D eigenvalue weighted by molar-refractivity contribution is -0.696. The minimum atomic E-state index is -4.63. The van der Waals surface area contributed by atoms with Crippen molar-refractivity contribution in [2.24, 2.45) is 7.05 Å². The third-order valence-corrected chi connectivity index (χ3v) is 2.65. The fraction of sp³-hybridized carbons (Fsp3) is 0.600. The summed E-state index contributed by atoms with van der Waals surface area (Å²) in [6.07, 6.45) is 8.82. The van der Waals surface area contributed by atoms with Gasteiger partial charge in [0, 0.05) is 6.92 Å². The molecule has 17 heavy (non-hydrogen) atoms. The Morgan fingerprint density at radius 3 is 2.29 bits per heavy atom. The summed E-state index contributed by atoms with van der Waals surface area (Å²) in [7, 11) is -2.59. The first-order valence-electron chi connectivity index (χ1n) is 5.24. The van der Waals surface area contributed by atoms with Crippen LogP contribution in [-0.2, 0) is 28.5 Å². The number of aryl methyl sites for hydroxylation is 2. The molecule has 0 N–H and O–H groups in total. The van der Waals surface area contributed by atoms with Gasteiger partial charge >= 0.3 is 0 Å². The van der Waals surface area contributed by atoms with Gasteiger partial charge in [0.2, 0.25) is 11.4 Å². The minimum absolute atomic E-state index is 0.711. The topological polar surface area (TPSA) is 83.1 Å². The summed E-state index contributed by atoms with van der Waals surface area (Å²) in [6, 6.07) is 0. The number of imidazole rings is 1. The van der Waals surface area contributed by atoms with Gasteiger partial charge in [-0.1, -0.05) is 13.3 Å². The van der Waals surface area contributed by atoms with Gasteiger partial charge in [0.25, 0.3) is 0 Å². The zero-order valence-electron chi connectivity index (χ0n) is 10.3. The normalized spacial score (nSPS) is 10.6. The van der Waals surface area contributed by atoms with Crippen molar-refractivity contribution in [3.63, 3.8) is 0 Å². The summed E-state index contributed by atoms with van der Waals surface area (Å²) in [5, 5.41) is -1.34. The Hall–Kier alpha value is -1.21. The van der Waals surface area contributed by atoms with Crippen LogP contribution in [0, 0.1) is 0 Å². The van der Waals surface area contributed by atoms with Gasteiger partial charge in [-0.05, 0) is 6.42 Å². The smallest absolute Gasteiger partial charge is 0.243 e. The molecule has 0 unspecified atom stereocenters. The molecule has 6 nitrogen and oxygen atoms in total. The van der Waals surface area contributed by atoms with E-state index in [-0.39, 0.29) is 0 Å². The van der Waals surface area contributed by atoms with Crippen LogP contribution in [0.1, 0.15) is 26.7 Å². The lowest BCUT2D eigenvalue weighted by Crippen LogP contribution is -2.30. The second-order valence-electron chi connectivity index (χ2n) is 3.62. The van der Waals surface area contributed by atoms with Crippen LogP contribution in [0.4, 0.5) is 0 Å². The fourth-order valence-electron chi connectivity index (χ4n) is 0.975. The monoisotopic (exact) mass is 262 g/mol. The van der Waals surface area contributed by atoms with Crippen molar-refractivity contribution in [3.05, 3.63) is 18.7 Å². The van der Waals surface area contributed by atoms with Crippen molar-refractivity contribution in [2.45, 2.75) is 33.2 Å². The van der Waals surface area contributed by atoms with Crippen molar-refractivity contribution < 1.29 is 22.3 Å². The van der Waals surface area contributed by atoms with E-state index in [1.54, 1.807) is 0 Å². The Labute approximate surface area is 102 Å². The SMILES string of the molecule is CC(=O)S(=O)(=O)[O-].CCCC[n+]1ccn(C)c1. The number of carbonyl (C=O) groups is 1. The predicted molar refractivity (Wildman–Crippen MR) is 60.9 cm³/mol. The molecule has 0 atom stereocenters. The molecule has 0 aliphatic carbocycles. The summed E-state index contributed by atoms with van der Waals surface area (Å²) in [5.74, 6) is 0. The van der Waals surface area contributed by atoms with Crippen LogP contribution in [0.25, 0.3) is 0 Å². The lowest BCUT2D eigenvalue weighted by atomic mass is 10.3. The summed E-state index contributed by atoms with van der Waals surface area (Å²) in [4.78, 5) is 9.56. The fourth-order valence-corrected chi connectivity index (χ4v) is 0.975. The molecule has 0 fully saturated rings. The number of carbonyl (C=O) groups excluding carboxylic acids is 1. The van der Waals surface area contributed by atoms with Gasteiger partial charge in [0.15, 0.2) is 10.1 Å². The Kier molecular flexibility index (Phi) is 6.67. The second kappa shape index (κ2) is 7.18. The van der Waals surface area contributed by atoms with Gasteiger partial charge in [-0.15, -0.1) is 0 Å². The molecule has 0 aromatic carbocycles. The maximum Gasteiger partial charge on any atom is 0.243 e. The highest BCUT2D eigenvalue weighted by Crippen LogP contribution is 1.85. The van der Waals surface area contributed by atoms with Crippen molar-refractivity contribution in [1.29, 1.82) is 0 Å². The first-order valence-corrected chi connectivity index (χ1v) is 6.65. The van der Waals surface area contributed by atoms with Gasteiger partial charge in [-0.25, -0.2) is 17.6 Å². The molecule has 1 heterocycles. The van der Waals surface area contributed by atoms with Crippen LogP contribution in [0.2, 0.25) is 0 Å². The third-order valence-electron chi connectivity index (χ3n) is 1.95. The Morgan fingerprint density at radius 1 is 1.47 bits per heavy atom. The first kappa shape index (κ1) is 15.8. The maximum absolute atomic E-state index is 9.56. The molecule has 1 rings (SSSR count). The molecule has 0 aliphatic rings. The van der Waals surface area contributed by atoms with Crippen LogP contribution < -0.4 is 4.57 Å². The highest BCUT2D eigenvalue weighted by atomic mass is 32.2. The molecular formula is C10H18N2O4S. The van der Waals surface area contributed by atoms with Gasteiger partial charge in [-0.3, -0.25) is 4.79 Å². The molecule has 0 aliphatic heterocycles. The Morgan fingerprint density at radius 2 is 2.00 bits per heavy atom. The second-order valence-corrected chi connectivity index (χ2v) is 5.10. The third kappa shape index (κ3) is 7.64. The van der Waals surface area contributed by atoms with E-state index >= 15 is 0 Å².